The Kier molecular flexibility index (Phi) is 4.62. The van der Waals surface area contributed by atoms with Crippen LogP contribution in [0, 0.1) is 11.8 Å². The van der Waals surface area contributed by atoms with Crippen molar-refractivity contribution in [1.29, 1.82) is 0 Å². The number of ether oxygens (including phenoxy) is 2. The van der Waals surface area contributed by atoms with Gasteiger partial charge in [-0.25, -0.2) is 0 Å². The molecule has 0 spiro atoms. The fourth-order valence-corrected chi connectivity index (χ4v) is 3.84. The largest absolute Gasteiger partial charge is 0.438 e. The van der Waals surface area contributed by atoms with Crippen LogP contribution in [0.2, 0.25) is 12.6 Å². The predicted molar refractivity (Wildman–Crippen MR) is 76.2 cm³/mol. The summed E-state index contributed by atoms with van der Waals surface area (Å²) in [5, 5.41) is 0. The molecule has 0 amide bonds. The molecule has 3 unspecified atom stereocenters. The van der Waals surface area contributed by atoms with Crippen molar-refractivity contribution >= 4 is 6.92 Å². The standard InChI is InChI=1S/C15H25BO3/c1-17-16-9-12-6-13(10-16)8-14(7-12)11-19-15-4-2-3-5-18-15/h7,12-13,15H,2-6,8-11H2,1H3. The molecule has 4 heteroatoms. The summed E-state index contributed by atoms with van der Waals surface area (Å²) in [4.78, 5) is 0. The Morgan fingerprint density at radius 1 is 1.37 bits per heavy atom. The van der Waals surface area contributed by atoms with Crippen LogP contribution in [-0.4, -0.2) is 33.5 Å². The van der Waals surface area contributed by atoms with E-state index in [1.54, 1.807) is 0 Å². The molecular weight excluding hydrogens is 239 g/mol. The quantitative estimate of drug-likeness (QED) is 0.576. The lowest BCUT2D eigenvalue weighted by atomic mass is 9.48. The fourth-order valence-electron chi connectivity index (χ4n) is 3.84. The molecule has 2 aliphatic heterocycles. The van der Waals surface area contributed by atoms with Gasteiger partial charge in [0.1, 0.15) is 0 Å². The van der Waals surface area contributed by atoms with E-state index >= 15 is 0 Å². The zero-order chi connectivity index (χ0) is 13.1. The number of fused-ring (bicyclic) bond motifs is 2. The van der Waals surface area contributed by atoms with Crippen LogP contribution in [0.3, 0.4) is 0 Å². The minimum Gasteiger partial charge on any atom is -0.438 e. The molecule has 0 radical (unpaired) electrons. The molecule has 0 saturated carbocycles. The van der Waals surface area contributed by atoms with E-state index in [4.69, 9.17) is 14.1 Å². The van der Waals surface area contributed by atoms with Crippen LogP contribution in [0.15, 0.2) is 11.6 Å². The zero-order valence-electron chi connectivity index (χ0n) is 12.0. The number of hydrogen-bond acceptors (Lipinski definition) is 3. The molecule has 2 fully saturated rings. The van der Waals surface area contributed by atoms with Crippen molar-refractivity contribution in [3.63, 3.8) is 0 Å². The summed E-state index contributed by atoms with van der Waals surface area (Å²) in [5.74, 6) is 1.52. The third kappa shape index (κ3) is 3.62. The van der Waals surface area contributed by atoms with E-state index in [-0.39, 0.29) is 6.29 Å². The first-order valence-corrected chi connectivity index (χ1v) is 7.79. The van der Waals surface area contributed by atoms with Gasteiger partial charge in [0.25, 0.3) is 6.92 Å². The molecule has 2 bridgehead atoms. The van der Waals surface area contributed by atoms with E-state index in [9.17, 15) is 0 Å². The number of allylic oxidation sites excluding steroid dienone is 1. The van der Waals surface area contributed by atoms with Gasteiger partial charge in [-0.2, -0.15) is 0 Å². The molecule has 2 heterocycles. The topological polar surface area (TPSA) is 27.7 Å². The summed E-state index contributed by atoms with van der Waals surface area (Å²) in [6.07, 6.45) is 10.9. The lowest BCUT2D eigenvalue weighted by molar-refractivity contribution is -0.157. The minimum absolute atomic E-state index is 0.0446. The van der Waals surface area contributed by atoms with E-state index in [0.29, 0.717) is 12.8 Å². The molecule has 0 N–H and O–H groups in total. The minimum atomic E-state index is 0.0446. The van der Waals surface area contributed by atoms with Crippen molar-refractivity contribution in [3.05, 3.63) is 11.6 Å². The van der Waals surface area contributed by atoms with Gasteiger partial charge in [0.2, 0.25) is 0 Å². The molecule has 2 saturated heterocycles. The second kappa shape index (κ2) is 6.42. The monoisotopic (exact) mass is 264 g/mol. The van der Waals surface area contributed by atoms with Crippen molar-refractivity contribution in [2.24, 2.45) is 11.8 Å². The molecule has 0 aromatic rings. The Morgan fingerprint density at radius 2 is 2.32 bits per heavy atom. The van der Waals surface area contributed by atoms with E-state index in [1.807, 2.05) is 7.11 Å². The SMILES string of the molecule is COB1CC2C=C(COC3CCCCO3)CC(C1)C2. The Morgan fingerprint density at radius 3 is 3.05 bits per heavy atom. The maximum Gasteiger partial charge on any atom is 0.293 e. The highest BCUT2D eigenvalue weighted by molar-refractivity contribution is 6.52. The Bertz CT molecular complexity index is 325. The van der Waals surface area contributed by atoms with Crippen molar-refractivity contribution in [2.75, 3.05) is 20.3 Å². The molecule has 0 aromatic carbocycles. The van der Waals surface area contributed by atoms with Crippen molar-refractivity contribution in [1.82, 2.24) is 0 Å². The summed E-state index contributed by atoms with van der Waals surface area (Å²) in [6.45, 7) is 2.11. The van der Waals surface area contributed by atoms with Gasteiger partial charge in [0, 0.05) is 13.7 Å². The average Bonchev–Trinajstić information content (AvgIpc) is 2.45. The summed E-state index contributed by atoms with van der Waals surface area (Å²) >= 11 is 0. The van der Waals surface area contributed by atoms with Crippen LogP contribution in [0.1, 0.15) is 32.1 Å². The highest BCUT2D eigenvalue weighted by Crippen LogP contribution is 2.40. The lowest BCUT2D eigenvalue weighted by Gasteiger charge is -2.36. The number of hydrogen-bond donors (Lipinski definition) is 0. The second-order valence-corrected chi connectivity index (χ2v) is 6.33. The third-order valence-electron chi connectivity index (χ3n) is 4.75. The second-order valence-electron chi connectivity index (χ2n) is 6.33. The molecular formula is C15H25BO3. The normalized spacial score (nSPS) is 35.1. The maximum atomic E-state index is 5.92. The van der Waals surface area contributed by atoms with Crippen LogP contribution in [0.5, 0.6) is 0 Å². The van der Waals surface area contributed by atoms with Crippen LogP contribution in [-0.2, 0) is 14.1 Å². The highest BCUT2D eigenvalue weighted by atomic mass is 16.7. The van der Waals surface area contributed by atoms with Crippen molar-refractivity contribution in [2.45, 2.75) is 51.0 Å². The molecule has 3 rings (SSSR count). The van der Waals surface area contributed by atoms with Gasteiger partial charge >= 0.3 is 0 Å². The molecule has 19 heavy (non-hydrogen) atoms. The van der Waals surface area contributed by atoms with Gasteiger partial charge in [-0.05, 0) is 62.2 Å². The van der Waals surface area contributed by atoms with Gasteiger partial charge in [0.05, 0.1) is 6.61 Å². The summed E-state index contributed by atoms with van der Waals surface area (Å²) in [6, 6.07) is 0. The molecule has 106 valence electrons. The lowest BCUT2D eigenvalue weighted by Crippen LogP contribution is -2.33. The Balaban J connectivity index is 1.50. The molecule has 0 aromatic heterocycles. The first kappa shape index (κ1) is 13.7. The van der Waals surface area contributed by atoms with Crippen LogP contribution in [0.4, 0.5) is 0 Å². The van der Waals surface area contributed by atoms with Gasteiger partial charge in [-0.3, -0.25) is 0 Å². The first-order chi connectivity index (χ1) is 9.33. The van der Waals surface area contributed by atoms with Gasteiger partial charge in [0.15, 0.2) is 6.29 Å². The molecule has 3 aliphatic rings. The fraction of sp³-hybridized carbons (Fsp3) is 0.867. The molecule has 3 nitrogen and oxygen atoms in total. The summed E-state index contributed by atoms with van der Waals surface area (Å²) < 4.78 is 17.1. The zero-order valence-corrected chi connectivity index (χ0v) is 12.0. The highest BCUT2D eigenvalue weighted by Gasteiger charge is 2.34. The van der Waals surface area contributed by atoms with Crippen LogP contribution < -0.4 is 0 Å². The van der Waals surface area contributed by atoms with Gasteiger partial charge < -0.3 is 14.1 Å². The van der Waals surface area contributed by atoms with E-state index in [0.717, 1.165) is 25.6 Å². The predicted octanol–water partition coefficient (Wildman–Crippen LogP) is 3.13. The Labute approximate surface area is 116 Å². The van der Waals surface area contributed by atoms with Crippen molar-refractivity contribution in [3.8, 4) is 0 Å². The van der Waals surface area contributed by atoms with E-state index < -0.39 is 0 Å². The van der Waals surface area contributed by atoms with Crippen LogP contribution in [0.25, 0.3) is 0 Å². The Hall–Kier alpha value is -0.315. The van der Waals surface area contributed by atoms with E-state index in [1.165, 1.54) is 43.9 Å². The smallest absolute Gasteiger partial charge is 0.293 e. The summed E-state index contributed by atoms with van der Waals surface area (Å²) in [7, 11) is 1.85. The van der Waals surface area contributed by atoms with Crippen molar-refractivity contribution < 1.29 is 14.1 Å². The first-order valence-electron chi connectivity index (χ1n) is 7.79. The van der Waals surface area contributed by atoms with E-state index in [2.05, 4.69) is 6.08 Å². The van der Waals surface area contributed by atoms with Gasteiger partial charge in [-0.15, -0.1) is 0 Å². The molecule has 1 aliphatic carbocycles. The van der Waals surface area contributed by atoms with Crippen LogP contribution >= 0.6 is 0 Å². The molecule has 3 atom stereocenters. The van der Waals surface area contributed by atoms with Gasteiger partial charge in [-0.1, -0.05) is 6.08 Å². The number of rotatable bonds is 4. The third-order valence-corrected chi connectivity index (χ3v) is 4.75. The average molecular weight is 264 g/mol. The summed E-state index contributed by atoms with van der Waals surface area (Å²) in [5.41, 5.74) is 1.49. The maximum absolute atomic E-state index is 5.92.